The molecule has 2 heteroatoms. The summed E-state index contributed by atoms with van der Waals surface area (Å²) in [6.45, 7) is 4.46. The van der Waals surface area contributed by atoms with Crippen molar-refractivity contribution in [3.8, 4) is 5.75 Å². The van der Waals surface area contributed by atoms with Gasteiger partial charge in [0.1, 0.15) is 5.75 Å². The summed E-state index contributed by atoms with van der Waals surface area (Å²) in [5.74, 6) is 2.31. The van der Waals surface area contributed by atoms with E-state index in [0.29, 0.717) is 23.3 Å². The Hall–Kier alpha value is -0.630. The topological polar surface area (TPSA) is 20.2 Å². The molecule has 0 saturated heterocycles. The fraction of sp³-hybridized carbons (Fsp3) is 0.684. The Bertz CT molecular complexity index is 449. The van der Waals surface area contributed by atoms with E-state index in [1.807, 2.05) is 0 Å². The van der Waals surface area contributed by atoms with Gasteiger partial charge in [-0.3, -0.25) is 0 Å². The lowest BCUT2D eigenvalue weighted by Crippen LogP contribution is -2.07. The molecule has 1 N–H and O–H groups in total. The van der Waals surface area contributed by atoms with Crippen LogP contribution in [0.4, 0.5) is 0 Å². The van der Waals surface area contributed by atoms with Crippen molar-refractivity contribution in [2.75, 3.05) is 0 Å². The maximum atomic E-state index is 10.6. The second-order valence-corrected chi connectivity index (χ2v) is 6.82. The molecular weight excluding hydrogens is 276 g/mol. The molecule has 2 rings (SSSR count). The monoisotopic (exact) mass is 306 g/mol. The number of rotatable bonds is 6. The average molecular weight is 307 g/mol. The quantitative estimate of drug-likeness (QED) is 0.603. The zero-order valence-electron chi connectivity index (χ0n) is 13.6. The van der Waals surface area contributed by atoms with E-state index in [9.17, 15) is 5.11 Å². The first-order valence-corrected chi connectivity index (χ1v) is 9.31. The third-order valence-electron chi connectivity index (χ3n) is 5.06. The predicted molar refractivity (Wildman–Crippen MR) is 94.6 cm³/mol. The Morgan fingerprint density at radius 2 is 1.90 bits per heavy atom. The Morgan fingerprint density at radius 1 is 1.19 bits per heavy atom. The van der Waals surface area contributed by atoms with Crippen LogP contribution in [0.5, 0.6) is 5.75 Å². The van der Waals surface area contributed by atoms with Gasteiger partial charge in [0.15, 0.2) is 0 Å². The van der Waals surface area contributed by atoms with Crippen molar-refractivity contribution in [1.82, 2.24) is 0 Å². The van der Waals surface area contributed by atoms with Crippen molar-refractivity contribution in [2.45, 2.75) is 82.8 Å². The minimum Gasteiger partial charge on any atom is -0.507 e. The van der Waals surface area contributed by atoms with Gasteiger partial charge in [0.2, 0.25) is 0 Å². The van der Waals surface area contributed by atoms with Crippen LogP contribution in [0.3, 0.4) is 0 Å². The normalized spacial score (nSPS) is 17.9. The van der Waals surface area contributed by atoms with Gasteiger partial charge in [-0.1, -0.05) is 51.7 Å². The molecule has 21 heavy (non-hydrogen) atoms. The first kappa shape index (κ1) is 16.7. The van der Waals surface area contributed by atoms with E-state index in [0.717, 1.165) is 18.4 Å². The molecule has 1 nitrogen and oxygen atoms in total. The van der Waals surface area contributed by atoms with Crippen LogP contribution < -0.4 is 0 Å². The first-order chi connectivity index (χ1) is 10.2. The Kier molecular flexibility index (Phi) is 6.47. The molecule has 1 saturated carbocycles. The summed E-state index contributed by atoms with van der Waals surface area (Å²) in [5, 5.41) is 10.6. The Morgan fingerprint density at radius 3 is 2.48 bits per heavy atom. The number of thiol groups is 1. The highest BCUT2D eigenvalue weighted by molar-refractivity contribution is 7.79. The van der Waals surface area contributed by atoms with Crippen LogP contribution in [0.15, 0.2) is 12.1 Å². The summed E-state index contributed by atoms with van der Waals surface area (Å²) < 4.78 is 0. The van der Waals surface area contributed by atoms with Crippen LogP contribution in [-0.2, 0) is 5.75 Å². The van der Waals surface area contributed by atoms with E-state index in [2.05, 4.69) is 38.6 Å². The van der Waals surface area contributed by atoms with Gasteiger partial charge in [-0.15, -0.1) is 0 Å². The number of phenolic OH excluding ortho intramolecular Hbond substituents is 1. The third kappa shape index (κ3) is 3.97. The zero-order chi connectivity index (χ0) is 15.2. The van der Waals surface area contributed by atoms with Crippen molar-refractivity contribution in [2.24, 2.45) is 0 Å². The minimum atomic E-state index is 0.483. The molecule has 0 heterocycles. The lowest BCUT2D eigenvalue weighted by molar-refractivity contribution is 0.434. The molecule has 0 bridgehead atoms. The SMILES string of the molecule is CCCC(CC)c1cc(C2CCCCC2)cc(CS)c1O. The van der Waals surface area contributed by atoms with Crippen molar-refractivity contribution in [1.29, 1.82) is 0 Å². The van der Waals surface area contributed by atoms with Gasteiger partial charge in [-0.25, -0.2) is 0 Å². The van der Waals surface area contributed by atoms with Gasteiger partial charge < -0.3 is 5.11 Å². The molecule has 118 valence electrons. The first-order valence-electron chi connectivity index (χ1n) is 8.67. The molecule has 1 aliphatic carbocycles. The molecule has 1 aromatic rings. The summed E-state index contributed by atoms with van der Waals surface area (Å²) in [7, 11) is 0. The lowest BCUT2D eigenvalue weighted by atomic mass is 9.80. The highest BCUT2D eigenvalue weighted by Crippen LogP contribution is 2.40. The summed E-state index contributed by atoms with van der Waals surface area (Å²) in [5.41, 5.74) is 3.64. The maximum absolute atomic E-state index is 10.6. The fourth-order valence-electron chi connectivity index (χ4n) is 3.78. The summed E-state index contributed by atoms with van der Waals surface area (Å²) in [4.78, 5) is 0. The van der Waals surface area contributed by atoms with Gasteiger partial charge in [0.05, 0.1) is 0 Å². The van der Waals surface area contributed by atoms with E-state index in [4.69, 9.17) is 0 Å². The predicted octanol–water partition coefficient (Wildman–Crippen LogP) is 6.16. The number of hydrogen-bond donors (Lipinski definition) is 2. The molecule has 1 fully saturated rings. The molecule has 0 radical (unpaired) electrons. The molecule has 0 amide bonds. The van der Waals surface area contributed by atoms with Crippen LogP contribution in [0.1, 0.15) is 93.7 Å². The summed E-state index contributed by atoms with van der Waals surface area (Å²) in [6, 6.07) is 4.52. The summed E-state index contributed by atoms with van der Waals surface area (Å²) in [6.07, 6.45) is 10.1. The zero-order valence-corrected chi connectivity index (χ0v) is 14.5. The van der Waals surface area contributed by atoms with Crippen LogP contribution in [0.25, 0.3) is 0 Å². The van der Waals surface area contributed by atoms with Gasteiger partial charge >= 0.3 is 0 Å². The summed E-state index contributed by atoms with van der Waals surface area (Å²) >= 11 is 4.43. The van der Waals surface area contributed by atoms with Crippen LogP contribution in [-0.4, -0.2) is 5.11 Å². The fourth-order valence-corrected chi connectivity index (χ4v) is 4.02. The molecule has 0 aromatic heterocycles. The standard InChI is InChI=1S/C19H30OS/c1-3-8-14(4-2)18-12-16(11-17(13-21)19(18)20)15-9-6-5-7-10-15/h11-12,14-15,20-21H,3-10,13H2,1-2H3. The molecule has 1 aromatic carbocycles. The van der Waals surface area contributed by atoms with Gasteiger partial charge in [-0.2, -0.15) is 12.6 Å². The van der Waals surface area contributed by atoms with Crippen LogP contribution >= 0.6 is 12.6 Å². The van der Waals surface area contributed by atoms with Gasteiger partial charge in [0.25, 0.3) is 0 Å². The van der Waals surface area contributed by atoms with Crippen molar-refractivity contribution in [3.63, 3.8) is 0 Å². The third-order valence-corrected chi connectivity index (χ3v) is 5.40. The highest BCUT2D eigenvalue weighted by atomic mass is 32.1. The van der Waals surface area contributed by atoms with E-state index >= 15 is 0 Å². The second kappa shape index (κ2) is 8.12. The smallest absolute Gasteiger partial charge is 0.123 e. The molecule has 1 aliphatic rings. The van der Waals surface area contributed by atoms with E-state index in [-0.39, 0.29) is 0 Å². The van der Waals surface area contributed by atoms with Crippen molar-refractivity contribution < 1.29 is 5.11 Å². The average Bonchev–Trinajstić information content (AvgIpc) is 2.54. The maximum Gasteiger partial charge on any atom is 0.123 e. The van der Waals surface area contributed by atoms with E-state index in [1.54, 1.807) is 0 Å². The molecule has 0 spiro atoms. The largest absolute Gasteiger partial charge is 0.507 e. The van der Waals surface area contributed by atoms with Crippen molar-refractivity contribution >= 4 is 12.6 Å². The number of phenols is 1. The number of benzene rings is 1. The van der Waals surface area contributed by atoms with Crippen molar-refractivity contribution in [3.05, 3.63) is 28.8 Å². The Balaban J connectivity index is 2.37. The van der Waals surface area contributed by atoms with Gasteiger partial charge in [-0.05, 0) is 48.6 Å². The molecule has 0 aliphatic heterocycles. The molecule has 1 unspecified atom stereocenters. The second-order valence-electron chi connectivity index (χ2n) is 6.50. The molecule has 1 atom stereocenters. The minimum absolute atomic E-state index is 0.483. The van der Waals surface area contributed by atoms with Crippen LogP contribution in [0, 0.1) is 0 Å². The highest BCUT2D eigenvalue weighted by Gasteiger charge is 2.21. The van der Waals surface area contributed by atoms with E-state index < -0.39 is 0 Å². The number of hydrogen-bond acceptors (Lipinski definition) is 2. The Labute approximate surface area is 135 Å². The van der Waals surface area contributed by atoms with E-state index in [1.165, 1.54) is 49.7 Å². The molecular formula is C19H30OS. The number of aromatic hydroxyl groups is 1. The van der Waals surface area contributed by atoms with Crippen LogP contribution in [0.2, 0.25) is 0 Å². The van der Waals surface area contributed by atoms with Gasteiger partial charge in [0, 0.05) is 11.3 Å². The lowest BCUT2D eigenvalue weighted by Gasteiger charge is -2.25.